The fourth-order valence-corrected chi connectivity index (χ4v) is 17.9. The summed E-state index contributed by atoms with van der Waals surface area (Å²) in [6.45, 7) is 6.38. The number of para-hydroxylation sites is 3. The summed E-state index contributed by atoms with van der Waals surface area (Å²) >= 11 is 0. The number of rotatable bonds is 11. The van der Waals surface area contributed by atoms with Gasteiger partial charge in [-0.15, -0.1) is 29.7 Å². The van der Waals surface area contributed by atoms with Gasteiger partial charge in [-0.2, -0.15) is 18.2 Å². The van der Waals surface area contributed by atoms with Gasteiger partial charge >= 0.3 is 0 Å². The van der Waals surface area contributed by atoms with Crippen LogP contribution in [0.5, 0.6) is 11.5 Å². The van der Waals surface area contributed by atoms with Gasteiger partial charge in [-0.05, 0) is 152 Å². The summed E-state index contributed by atoms with van der Waals surface area (Å²) in [5, 5.41) is -0.700. The molecule has 0 N–H and O–H groups in total. The predicted octanol–water partition coefficient (Wildman–Crippen LogP) is 20.5. The largest absolute Gasteiger partial charge is 0.510 e. The normalized spacial score (nSPS) is 15.3. The molecule has 0 fully saturated rings. The maximum Gasteiger partial charge on any atom is 0.268 e. The van der Waals surface area contributed by atoms with Crippen molar-refractivity contribution in [1.82, 2.24) is 14.1 Å². The molecule has 14 aromatic carbocycles. The smallest absolute Gasteiger partial charge is 0.268 e. The second kappa shape index (κ2) is 25.0. The van der Waals surface area contributed by atoms with Crippen LogP contribution in [-0.4, -0.2) is 22.2 Å². The Morgan fingerprint density at radius 2 is 1.07 bits per heavy atom. The Hall–Kier alpha value is -12.0. The number of ether oxygens (including phenoxy) is 1. The van der Waals surface area contributed by atoms with Crippen LogP contribution in [0, 0.1) is 18.5 Å². The quantitative estimate of drug-likeness (QED) is 0.0561. The molecule has 0 saturated carbocycles. The van der Waals surface area contributed by atoms with Crippen LogP contribution in [0.25, 0.3) is 139 Å². The summed E-state index contributed by atoms with van der Waals surface area (Å²) in [5.41, 5.74) is 7.35. The van der Waals surface area contributed by atoms with Gasteiger partial charge in [0, 0.05) is 55.1 Å². The maximum atomic E-state index is 11.2. The van der Waals surface area contributed by atoms with E-state index in [9.17, 15) is 24.7 Å². The van der Waals surface area contributed by atoms with Crippen molar-refractivity contribution in [2.75, 3.05) is 0 Å². The van der Waals surface area contributed by atoms with Crippen molar-refractivity contribution in [3.8, 4) is 95.5 Å². The first-order valence-corrected chi connectivity index (χ1v) is 34.5. The Morgan fingerprint density at radius 1 is 0.451 bits per heavy atom. The van der Waals surface area contributed by atoms with Crippen molar-refractivity contribution in [2.24, 2.45) is 0 Å². The second-order valence-corrected chi connectivity index (χ2v) is 29.0. The van der Waals surface area contributed by atoms with Gasteiger partial charge in [0.1, 0.15) is 17.0 Å². The van der Waals surface area contributed by atoms with Gasteiger partial charge in [0.15, 0.2) is 8.07 Å². The molecule has 0 saturated heterocycles. The van der Waals surface area contributed by atoms with E-state index in [1.165, 1.54) is 0 Å². The van der Waals surface area contributed by atoms with Crippen LogP contribution < -0.4 is 30.1 Å². The molecule has 0 bridgehead atoms. The van der Waals surface area contributed by atoms with E-state index in [-0.39, 0.29) is 71.4 Å². The SMILES string of the molecule is [2H]c1c([2H])c([2H])c(-c2cccc3c2-c2ccccc2-c2cc(-c4c([2H])c([2H])c([2H])c([Si](c5c([2H])c([2H])c([2H])c([2H])c5[2H])(c5c([2H])c([2H])c([2H])c([2H])c5[2H])c5c([2H])c([2H])c([2H])c([2H])c5[2H])c4[2H])cc4c2[n+]([c-]n4-c2[c-]c(Oc4[c-]c5c(cc4)c4ccccc4n5-c4cc(C(C)(C)C)ccn4)ccc2)-c2c(-c4ccc5oc6ccccc6c5c4)cccc2-3)c([2H])c1[2H].[Pt]. The first kappa shape index (κ1) is 41.5. The van der Waals surface area contributed by atoms with Crippen molar-refractivity contribution in [2.45, 2.75) is 26.2 Å². The summed E-state index contributed by atoms with van der Waals surface area (Å²) < 4.78 is 250. The van der Waals surface area contributed by atoms with Crippen molar-refractivity contribution < 1.29 is 67.7 Å². The van der Waals surface area contributed by atoms with E-state index in [0.717, 1.165) is 32.6 Å². The van der Waals surface area contributed by atoms with Gasteiger partial charge in [0.2, 0.25) is 0 Å². The van der Waals surface area contributed by atoms with Gasteiger partial charge in [-0.3, -0.25) is 4.57 Å². The molecule has 0 spiro atoms. The molecule has 1 aliphatic rings. The molecule has 0 amide bonds. The van der Waals surface area contributed by atoms with Crippen molar-refractivity contribution >= 4 is 83.6 Å². The number of benzene rings is 14. The molecule has 5 heterocycles. The monoisotopic (exact) mass is 1530 g/mol. The standard InChI is InChI=1S/C94H64N4O2Si.Pt/c1-94(2,3)66-52-53-95-90(58-66)98-85-46-20-18-39-77(85)78-50-49-69(60-86(78)98)99-68-30-23-29-67(59-68)96-61-97-92-75(64-48-51-89-83(55-64)79-40-19-21-47-88(79)100-89)43-25-45-82(92)81-44-24-42-74(62-26-8-4-9-27-62)91(81)80-41-17-16-38-76(80)84-56-65(57-87(96)93(84)97)63-28-22-37-73(54-63)101(70-31-10-5-11-32-70,71-33-12-6-13-34-71)72-35-14-7-15-36-72;/h4-58H,1-3H3;/q-2;/i4D,5D,6D,7D,8D,9D,10D,11D,12D,13D,14D,15D,22D,26D,27D,28D,31D,32D,33D,34D,35D,36D,37D,54D;. The number of hydrogen-bond donors (Lipinski definition) is 0. The molecule has 19 rings (SSSR count). The van der Waals surface area contributed by atoms with E-state index in [1.54, 1.807) is 83.6 Å². The minimum Gasteiger partial charge on any atom is -0.510 e. The fourth-order valence-electron chi connectivity index (χ4n) is 14.3. The molecule has 0 aliphatic carbocycles. The number of imidazole rings is 1. The molecule has 0 atom stereocenters. The van der Waals surface area contributed by atoms with Crippen LogP contribution in [0.15, 0.2) is 338 Å². The zero-order chi connectivity index (χ0) is 88.2. The van der Waals surface area contributed by atoms with Crippen LogP contribution in [0.3, 0.4) is 0 Å². The van der Waals surface area contributed by atoms with Crippen molar-refractivity contribution in [3.05, 3.63) is 357 Å². The minimum atomic E-state index is -6.42. The van der Waals surface area contributed by atoms with Crippen LogP contribution in [-0.2, 0) is 26.5 Å². The molecule has 0 radical (unpaired) electrons. The van der Waals surface area contributed by atoms with Crippen LogP contribution >= 0.6 is 0 Å². The fraction of sp³-hybridized carbons (Fsp3) is 0.0426. The first-order chi connectivity index (χ1) is 59.7. The van der Waals surface area contributed by atoms with E-state index in [2.05, 4.69) is 45.3 Å². The zero-order valence-electron chi connectivity index (χ0n) is 78.3. The summed E-state index contributed by atoms with van der Waals surface area (Å²) in [5.74, 6) is 1.07. The molecule has 1 aliphatic heterocycles. The first-order valence-electron chi connectivity index (χ1n) is 44.5. The van der Waals surface area contributed by atoms with Crippen LogP contribution in [0.4, 0.5) is 0 Å². The second-order valence-electron chi connectivity index (χ2n) is 25.5. The average molecular weight is 1530 g/mol. The third-order valence-electron chi connectivity index (χ3n) is 18.8. The van der Waals surface area contributed by atoms with E-state index in [4.69, 9.17) is 22.4 Å². The number of aromatic nitrogens is 4. The van der Waals surface area contributed by atoms with E-state index in [1.807, 2.05) is 112 Å². The van der Waals surface area contributed by atoms with Crippen LogP contribution in [0.1, 0.15) is 59.2 Å². The van der Waals surface area contributed by atoms with Crippen LogP contribution in [0.2, 0.25) is 0 Å². The van der Waals surface area contributed by atoms with Crippen molar-refractivity contribution in [1.29, 1.82) is 0 Å². The summed E-state index contributed by atoms with van der Waals surface area (Å²) in [7, 11) is -6.42. The van der Waals surface area contributed by atoms with Gasteiger partial charge in [-0.25, -0.2) is 4.98 Å². The minimum absolute atomic E-state index is 0. The number of nitrogens with zero attached hydrogens (tertiary/aromatic N) is 4. The molecule has 488 valence electrons. The van der Waals surface area contributed by atoms with Gasteiger partial charge in [0.25, 0.3) is 6.33 Å². The Morgan fingerprint density at radius 3 is 1.82 bits per heavy atom. The van der Waals surface area contributed by atoms with E-state index >= 15 is 0 Å². The van der Waals surface area contributed by atoms with Gasteiger partial charge in [-0.1, -0.05) is 281 Å². The summed E-state index contributed by atoms with van der Waals surface area (Å²) in [6, 6.07) is 38.5. The molecule has 6 nitrogen and oxygen atoms in total. The Balaban J connectivity index is 0.0000108. The number of fused-ring (bicyclic) bond motifs is 13. The molecular weight excluding hydrogens is 1440 g/mol. The Labute approximate surface area is 641 Å². The molecule has 18 aromatic rings. The molecule has 4 aromatic heterocycles. The molecule has 102 heavy (non-hydrogen) atoms. The number of pyridine rings is 1. The third kappa shape index (κ3) is 10.2. The molecule has 8 heteroatoms. The Kier molecular flexibility index (Phi) is 10.2. The molecular formula is C94H64N4O2PtSi-2. The van der Waals surface area contributed by atoms with Gasteiger partial charge < -0.3 is 18.3 Å². The average Bonchev–Trinajstić information content (AvgIpc) is 0.835. The number of hydrogen-bond acceptors (Lipinski definition) is 3. The third-order valence-corrected chi connectivity index (χ3v) is 22.8. The molecule has 0 unspecified atom stereocenters. The predicted molar refractivity (Wildman–Crippen MR) is 416 cm³/mol. The zero-order valence-corrected chi connectivity index (χ0v) is 57.6. The van der Waals surface area contributed by atoms with Gasteiger partial charge in [0.05, 0.1) is 49.6 Å². The van der Waals surface area contributed by atoms with E-state index in [0.29, 0.717) is 72.6 Å². The summed E-state index contributed by atoms with van der Waals surface area (Å²) in [4.78, 5) is 4.89. The van der Waals surface area contributed by atoms with Crippen molar-refractivity contribution in [3.63, 3.8) is 0 Å². The maximum absolute atomic E-state index is 11.2. The number of furan rings is 1. The Bertz CT molecular complexity index is 7570. The topological polar surface area (TPSA) is 49.0 Å². The summed E-state index contributed by atoms with van der Waals surface area (Å²) in [6.07, 6.45) is 5.53. The van der Waals surface area contributed by atoms with E-state index < -0.39 is 179 Å².